The second-order valence-corrected chi connectivity index (χ2v) is 6.42. The van der Waals surface area contributed by atoms with Gasteiger partial charge in [-0.1, -0.05) is 30.1 Å². The Hall–Kier alpha value is -2.24. The molecule has 1 fully saturated rings. The molecule has 5 nitrogen and oxygen atoms in total. The lowest BCUT2D eigenvalue weighted by Gasteiger charge is -2.18. The summed E-state index contributed by atoms with van der Waals surface area (Å²) in [5.74, 6) is 0.964. The van der Waals surface area contributed by atoms with Gasteiger partial charge in [-0.15, -0.1) is 0 Å². The largest absolute Gasteiger partial charge is 0.345 e. The summed E-state index contributed by atoms with van der Waals surface area (Å²) >= 11 is 0. The smallest absolute Gasteiger partial charge is 0.260 e. The number of benzene rings is 1. The van der Waals surface area contributed by atoms with Crippen molar-refractivity contribution in [2.45, 2.75) is 38.5 Å². The SMILES string of the molecule is CN(CCc1noc(-c2ccccc2F)n1)C(=O)CC1CCCC1. The van der Waals surface area contributed by atoms with Crippen molar-refractivity contribution >= 4 is 5.91 Å². The first-order valence-electron chi connectivity index (χ1n) is 8.45. The molecule has 0 spiro atoms. The van der Waals surface area contributed by atoms with Crippen molar-refractivity contribution in [2.75, 3.05) is 13.6 Å². The van der Waals surface area contributed by atoms with Gasteiger partial charge in [0, 0.05) is 26.4 Å². The van der Waals surface area contributed by atoms with Crippen LogP contribution in [0.15, 0.2) is 28.8 Å². The van der Waals surface area contributed by atoms with Crippen molar-refractivity contribution < 1.29 is 13.7 Å². The lowest BCUT2D eigenvalue weighted by atomic mass is 10.0. The molecule has 0 atom stereocenters. The Morgan fingerprint density at radius 1 is 1.33 bits per heavy atom. The van der Waals surface area contributed by atoms with Gasteiger partial charge >= 0.3 is 0 Å². The maximum absolute atomic E-state index is 13.7. The Bertz CT molecular complexity index is 695. The summed E-state index contributed by atoms with van der Waals surface area (Å²) in [5, 5.41) is 3.88. The van der Waals surface area contributed by atoms with Gasteiger partial charge in [0.05, 0.1) is 5.56 Å². The van der Waals surface area contributed by atoms with Gasteiger partial charge < -0.3 is 9.42 Å². The zero-order chi connectivity index (χ0) is 16.9. The molecule has 0 bridgehead atoms. The van der Waals surface area contributed by atoms with E-state index in [1.807, 2.05) is 0 Å². The fraction of sp³-hybridized carbons (Fsp3) is 0.500. The number of aromatic nitrogens is 2. The first-order valence-corrected chi connectivity index (χ1v) is 8.45. The van der Waals surface area contributed by atoms with Crippen molar-refractivity contribution in [2.24, 2.45) is 5.92 Å². The van der Waals surface area contributed by atoms with Crippen LogP contribution in [0.2, 0.25) is 0 Å². The highest BCUT2D eigenvalue weighted by Gasteiger charge is 2.21. The minimum atomic E-state index is -0.392. The number of carbonyl (C=O) groups is 1. The Kier molecular flexibility index (Phi) is 5.23. The van der Waals surface area contributed by atoms with Gasteiger partial charge in [-0.25, -0.2) is 4.39 Å². The number of likely N-dealkylation sites (N-methyl/N-ethyl adjacent to an activating group) is 1. The number of halogens is 1. The van der Waals surface area contributed by atoms with Crippen molar-refractivity contribution in [3.8, 4) is 11.5 Å². The van der Waals surface area contributed by atoms with Crippen LogP contribution in [-0.4, -0.2) is 34.5 Å². The van der Waals surface area contributed by atoms with Crippen LogP contribution >= 0.6 is 0 Å². The molecular weight excluding hydrogens is 309 g/mol. The van der Waals surface area contributed by atoms with Crippen LogP contribution in [0.25, 0.3) is 11.5 Å². The molecule has 1 amide bonds. The van der Waals surface area contributed by atoms with E-state index in [4.69, 9.17) is 4.52 Å². The molecule has 1 saturated carbocycles. The molecule has 1 aliphatic rings. The normalized spacial score (nSPS) is 14.9. The van der Waals surface area contributed by atoms with Crippen molar-refractivity contribution in [1.29, 1.82) is 0 Å². The maximum atomic E-state index is 13.7. The number of carbonyl (C=O) groups excluding carboxylic acids is 1. The Labute approximate surface area is 140 Å². The molecule has 2 aromatic rings. The summed E-state index contributed by atoms with van der Waals surface area (Å²) in [6, 6.07) is 6.29. The topological polar surface area (TPSA) is 59.2 Å². The van der Waals surface area contributed by atoms with E-state index < -0.39 is 5.82 Å². The molecule has 24 heavy (non-hydrogen) atoms. The minimum Gasteiger partial charge on any atom is -0.345 e. The highest BCUT2D eigenvalue weighted by Crippen LogP contribution is 2.28. The average Bonchev–Trinajstić information content (AvgIpc) is 3.24. The third-order valence-corrected chi connectivity index (χ3v) is 4.61. The second-order valence-electron chi connectivity index (χ2n) is 6.42. The zero-order valence-electron chi connectivity index (χ0n) is 13.9. The van der Waals surface area contributed by atoms with Gasteiger partial charge in [-0.3, -0.25) is 4.79 Å². The van der Waals surface area contributed by atoms with Gasteiger partial charge in [0.25, 0.3) is 5.89 Å². The molecule has 0 aliphatic heterocycles. The lowest BCUT2D eigenvalue weighted by Crippen LogP contribution is -2.30. The number of rotatable bonds is 6. The van der Waals surface area contributed by atoms with E-state index in [0.717, 1.165) is 12.8 Å². The Morgan fingerprint density at radius 3 is 2.83 bits per heavy atom. The van der Waals surface area contributed by atoms with E-state index in [1.54, 1.807) is 30.1 Å². The molecule has 0 unspecified atom stereocenters. The van der Waals surface area contributed by atoms with E-state index in [2.05, 4.69) is 10.1 Å². The van der Waals surface area contributed by atoms with Crippen LogP contribution in [0.1, 0.15) is 37.9 Å². The average molecular weight is 331 g/mol. The molecule has 1 heterocycles. The molecule has 1 aromatic heterocycles. The van der Waals surface area contributed by atoms with Crippen LogP contribution < -0.4 is 0 Å². The first kappa shape index (κ1) is 16.6. The second kappa shape index (κ2) is 7.55. The maximum Gasteiger partial charge on any atom is 0.260 e. The molecule has 0 radical (unpaired) electrons. The highest BCUT2D eigenvalue weighted by atomic mass is 19.1. The summed E-state index contributed by atoms with van der Waals surface area (Å²) in [7, 11) is 1.80. The van der Waals surface area contributed by atoms with Crippen LogP contribution in [0.5, 0.6) is 0 Å². The summed E-state index contributed by atoms with van der Waals surface area (Å²) < 4.78 is 18.8. The Morgan fingerprint density at radius 2 is 2.08 bits per heavy atom. The molecular formula is C18H22FN3O2. The summed E-state index contributed by atoms with van der Waals surface area (Å²) in [6.45, 7) is 0.530. The standard InChI is InChI=1S/C18H22FN3O2/c1-22(17(23)12-13-6-2-3-7-13)11-10-16-20-18(24-21-16)14-8-4-5-9-15(14)19/h4-5,8-9,13H,2-3,6-7,10-12H2,1H3. The van der Waals surface area contributed by atoms with Crippen molar-refractivity contribution in [3.63, 3.8) is 0 Å². The predicted molar refractivity (Wildman–Crippen MR) is 87.6 cm³/mol. The molecule has 1 aliphatic carbocycles. The third kappa shape index (κ3) is 3.99. The van der Waals surface area contributed by atoms with Crippen LogP contribution in [0, 0.1) is 11.7 Å². The first-order chi connectivity index (χ1) is 11.6. The fourth-order valence-electron chi connectivity index (χ4n) is 3.11. The third-order valence-electron chi connectivity index (χ3n) is 4.61. The van der Waals surface area contributed by atoms with E-state index in [9.17, 15) is 9.18 Å². The number of hydrogen-bond acceptors (Lipinski definition) is 4. The van der Waals surface area contributed by atoms with E-state index in [1.165, 1.54) is 18.9 Å². The van der Waals surface area contributed by atoms with Crippen molar-refractivity contribution in [1.82, 2.24) is 15.0 Å². The number of amides is 1. The van der Waals surface area contributed by atoms with Gasteiger partial charge in [0.15, 0.2) is 5.82 Å². The summed E-state index contributed by atoms with van der Waals surface area (Å²) in [6.07, 6.45) is 5.92. The summed E-state index contributed by atoms with van der Waals surface area (Å²) in [5.41, 5.74) is 0.293. The quantitative estimate of drug-likeness (QED) is 0.813. The highest BCUT2D eigenvalue weighted by molar-refractivity contribution is 5.76. The van der Waals surface area contributed by atoms with Crippen LogP contribution in [-0.2, 0) is 11.2 Å². The van der Waals surface area contributed by atoms with Gasteiger partial charge in [0.1, 0.15) is 5.82 Å². The van der Waals surface area contributed by atoms with E-state index >= 15 is 0 Å². The number of hydrogen-bond donors (Lipinski definition) is 0. The molecule has 6 heteroatoms. The molecule has 128 valence electrons. The predicted octanol–water partition coefficient (Wildman–Crippen LogP) is 3.46. The molecule has 3 rings (SSSR count). The lowest BCUT2D eigenvalue weighted by molar-refractivity contribution is -0.130. The number of nitrogens with zero attached hydrogens (tertiary/aromatic N) is 3. The van der Waals surface area contributed by atoms with Crippen LogP contribution in [0.3, 0.4) is 0 Å². The zero-order valence-corrected chi connectivity index (χ0v) is 13.9. The Balaban J connectivity index is 1.53. The molecule has 1 aromatic carbocycles. The van der Waals surface area contributed by atoms with Gasteiger partial charge in [-0.05, 0) is 30.9 Å². The van der Waals surface area contributed by atoms with Gasteiger partial charge in [-0.2, -0.15) is 4.98 Å². The molecule has 0 saturated heterocycles. The monoisotopic (exact) mass is 331 g/mol. The van der Waals surface area contributed by atoms with E-state index in [0.29, 0.717) is 36.7 Å². The molecule has 0 N–H and O–H groups in total. The van der Waals surface area contributed by atoms with Crippen LogP contribution in [0.4, 0.5) is 4.39 Å². The van der Waals surface area contributed by atoms with Gasteiger partial charge in [0.2, 0.25) is 5.91 Å². The van der Waals surface area contributed by atoms with E-state index in [-0.39, 0.29) is 11.8 Å². The minimum absolute atomic E-state index is 0.166. The summed E-state index contributed by atoms with van der Waals surface area (Å²) in [4.78, 5) is 18.1. The van der Waals surface area contributed by atoms with Crippen molar-refractivity contribution in [3.05, 3.63) is 35.9 Å². The fourth-order valence-corrected chi connectivity index (χ4v) is 3.11.